The first-order chi connectivity index (χ1) is 8.13. The fourth-order valence-electron chi connectivity index (χ4n) is 1.99. The lowest BCUT2D eigenvalue weighted by atomic mass is 9.97. The molecule has 6 heteroatoms. The van der Waals surface area contributed by atoms with Gasteiger partial charge in [0, 0.05) is 19.5 Å². The molecule has 0 aromatic rings. The summed E-state index contributed by atoms with van der Waals surface area (Å²) in [4.78, 5) is 24.1. The Hall–Kier alpha value is -1.61. The standard InChI is InChI=1S/C11H17N3O3/c12-4-2-6-14-5-1-3-9(8-14)11(17)13-7-10(15)16/h9H,1-3,5-8H2,(H,13,17)(H,15,16). The number of carboxylic acids is 1. The molecule has 94 valence electrons. The number of nitrogens with zero attached hydrogens (tertiary/aromatic N) is 2. The molecule has 1 heterocycles. The van der Waals surface area contributed by atoms with Gasteiger partial charge in [-0.3, -0.25) is 9.59 Å². The Labute approximate surface area is 100 Å². The Kier molecular flexibility index (Phi) is 5.43. The van der Waals surface area contributed by atoms with Crippen molar-refractivity contribution in [3.05, 3.63) is 0 Å². The van der Waals surface area contributed by atoms with Crippen molar-refractivity contribution >= 4 is 11.9 Å². The molecule has 0 aliphatic carbocycles. The van der Waals surface area contributed by atoms with Gasteiger partial charge < -0.3 is 15.3 Å². The Morgan fingerprint density at radius 2 is 2.29 bits per heavy atom. The van der Waals surface area contributed by atoms with Crippen LogP contribution in [0.4, 0.5) is 0 Å². The zero-order valence-electron chi connectivity index (χ0n) is 9.69. The minimum Gasteiger partial charge on any atom is -0.480 e. The van der Waals surface area contributed by atoms with Crippen molar-refractivity contribution in [3.8, 4) is 6.07 Å². The van der Waals surface area contributed by atoms with Gasteiger partial charge in [0.2, 0.25) is 5.91 Å². The second kappa shape index (κ2) is 6.86. The molecule has 1 saturated heterocycles. The molecule has 1 rings (SSSR count). The molecule has 1 atom stereocenters. The first-order valence-corrected chi connectivity index (χ1v) is 5.72. The van der Waals surface area contributed by atoms with Crippen LogP contribution in [0.25, 0.3) is 0 Å². The first kappa shape index (κ1) is 13.5. The lowest BCUT2D eigenvalue weighted by Gasteiger charge is -2.31. The van der Waals surface area contributed by atoms with Gasteiger partial charge in [-0.15, -0.1) is 0 Å². The maximum absolute atomic E-state index is 11.7. The van der Waals surface area contributed by atoms with E-state index in [1.807, 2.05) is 0 Å². The average molecular weight is 239 g/mol. The van der Waals surface area contributed by atoms with Crippen LogP contribution in [0.15, 0.2) is 0 Å². The molecule has 2 N–H and O–H groups in total. The zero-order chi connectivity index (χ0) is 12.7. The zero-order valence-corrected chi connectivity index (χ0v) is 9.69. The highest BCUT2D eigenvalue weighted by Gasteiger charge is 2.25. The third kappa shape index (κ3) is 4.83. The van der Waals surface area contributed by atoms with Crippen LogP contribution in [-0.2, 0) is 9.59 Å². The predicted molar refractivity (Wildman–Crippen MR) is 60.0 cm³/mol. The van der Waals surface area contributed by atoms with Crippen LogP contribution in [0.5, 0.6) is 0 Å². The summed E-state index contributed by atoms with van der Waals surface area (Å²) in [7, 11) is 0. The normalized spacial score (nSPS) is 20.5. The molecule has 0 radical (unpaired) electrons. The lowest BCUT2D eigenvalue weighted by Crippen LogP contribution is -2.44. The van der Waals surface area contributed by atoms with Gasteiger partial charge >= 0.3 is 5.97 Å². The minimum atomic E-state index is -1.03. The van der Waals surface area contributed by atoms with Crippen LogP contribution in [0.3, 0.4) is 0 Å². The molecule has 1 unspecified atom stereocenters. The summed E-state index contributed by atoms with van der Waals surface area (Å²) in [5, 5.41) is 19.4. The smallest absolute Gasteiger partial charge is 0.322 e. The maximum Gasteiger partial charge on any atom is 0.322 e. The van der Waals surface area contributed by atoms with Gasteiger partial charge in [-0.2, -0.15) is 5.26 Å². The van der Waals surface area contributed by atoms with E-state index >= 15 is 0 Å². The third-order valence-corrected chi connectivity index (χ3v) is 2.83. The summed E-state index contributed by atoms with van der Waals surface area (Å²) in [6.45, 7) is 1.88. The van der Waals surface area contributed by atoms with Crippen molar-refractivity contribution in [2.45, 2.75) is 19.3 Å². The monoisotopic (exact) mass is 239 g/mol. The topological polar surface area (TPSA) is 93.4 Å². The SMILES string of the molecule is N#CCCN1CCCC(C(=O)NCC(=O)O)C1. The molecule has 17 heavy (non-hydrogen) atoms. The first-order valence-electron chi connectivity index (χ1n) is 5.72. The number of carbonyl (C=O) groups excluding carboxylic acids is 1. The van der Waals surface area contributed by atoms with Crippen molar-refractivity contribution < 1.29 is 14.7 Å². The summed E-state index contributed by atoms with van der Waals surface area (Å²) in [5.74, 6) is -1.38. The van der Waals surface area contributed by atoms with Gasteiger partial charge in [0.1, 0.15) is 6.54 Å². The van der Waals surface area contributed by atoms with Crippen LogP contribution in [0, 0.1) is 17.2 Å². The summed E-state index contributed by atoms with van der Waals surface area (Å²) >= 11 is 0. The minimum absolute atomic E-state index is 0.151. The summed E-state index contributed by atoms with van der Waals surface area (Å²) < 4.78 is 0. The number of likely N-dealkylation sites (tertiary alicyclic amines) is 1. The number of hydrogen-bond donors (Lipinski definition) is 2. The van der Waals surface area contributed by atoms with Crippen molar-refractivity contribution in [2.75, 3.05) is 26.2 Å². The van der Waals surface area contributed by atoms with E-state index in [0.717, 1.165) is 19.4 Å². The summed E-state index contributed by atoms with van der Waals surface area (Å²) in [6.07, 6.45) is 2.16. The molecule has 0 aromatic carbocycles. The largest absolute Gasteiger partial charge is 0.480 e. The molecular formula is C11H17N3O3. The van der Waals surface area contributed by atoms with Gasteiger partial charge in [-0.25, -0.2) is 0 Å². The van der Waals surface area contributed by atoms with Gasteiger partial charge in [0.05, 0.1) is 12.0 Å². The van der Waals surface area contributed by atoms with Crippen molar-refractivity contribution in [1.29, 1.82) is 5.26 Å². The number of hydrogen-bond acceptors (Lipinski definition) is 4. The lowest BCUT2D eigenvalue weighted by molar-refractivity contribution is -0.138. The van der Waals surface area contributed by atoms with E-state index in [1.165, 1.54) is 0 Å². The highest BCUT2D eigenvalue weighted by Crippen LogP contribution is 2.16. The van der Waals surface area contributed by atoms with Crippen molar-refractivity contribution in [3.63, 3.8) is 0 Å². The summed E-state index contributed by atoms with van der Waals surface area (Å²) in [5.41, 5.74) is 0. The third-order valence-electron chi connectivity index (χ3n) is 2.83. The molecule has 1 fully saturated rings. The number of carbonyl (C=O) groups is 2. The molecular weight excluding hydrogens is 222 g/mol. The number of nitrogens with one attached hydrogen (secondary N) is 1. The quantitative estimate of drug-likeness (QED) is 0.693. The van der Waals surface area contributed by atoms with E-state index in [0.29, 0.717) is 19.5 Å². The number of nitriles is 1. The molecule has 6 nitrogen and oxygen atoms in total. The Balaban J connectivity index is 2.35. The molecule has 0 bridgehead atoms. The molecule has 1 amide bonds. The Morgan fingerprint density at radius 3 is 2.94 bits per heavy atom. The number of rotatable bonds is 5. The highest BCUT2D eigenvalue weighted by molar-refractivity contribution is 5.83. The number of amides is 1. The second-order valence-electron chi connectivity index (χ2n) is 4.16. The van der Waals surface area contributed by atoms with Gasteiger partial charge in [0.15, 0.2) is 0 Å². The fraction of sp³-hybridized carbons (Fsp3) is 0.727. The number of aliphatic carboxylic acids is 1. The van der Waals surface area contributed by atoms with E-state index in [1.54, 1.807) is 0 Å². The van der Waals surface area contributed by atoms with Crippen LogP contribution in [0.1, 0.15) is 19.3 Å². The molecule has 1 aliphatic rings. The Morgan fingerprint density at radius 1 is 1.53 bits per heavy atom. The van der Waals surface area contributed by atoms with Crippen LogP contribution in [-0.4, -0.2) is 48.1 Å². The van der Waals surface area contributed by atoms with Gasteiger partial charge in [-0.1, -0.05) is 0 Å². The second-order valence-corrected chi connectivity index (χ2v) is 4.16. The molecule has 0 saturated carbocycles. The van der Waals surface area contributed by atoms with E-state index in [-0.39, 0.29) is 18.4 Å². The predicted octanol–water partition coefficient (Wildman–Crippen LogP) is -0.187. The van der Waals surface area contributed by atoms with Gasteiger partial charge in [-0.05, 0) is 19.4 Å². The highest BCUT2D eigenvalue weighted by atomic mass is 16.4. The summed E-state index contributed by atoms with van der Waals surface area (Å²) in [6, 6.07) is 2.08. The van der Waals surface area contributed by atoms with Crippen LogP contribution < -0.4 is 5.32 Å². The van der Waals surface area contributed by atoms with Crippen molar-refractivity contribution in [1.82, 2.24) is 10.2 Å². The molecule has 1 aliphatic heterocycles. The van der Waals surface area contributed by atoms with Crippen LogP contribution >= 0.6 is 0 Å². The molecule has 0 spiro atoms. The van der Waals surface area contributed by atoms with E-state index in [9.17, 15) is 9.59 Å². The number of carboxylic acid groups (broad SMARTS) is 1. The Bertz CT molecular complexity index is 324. The van der Waals surface area contributed by atoms with Crippen LogP contribution in [0.2, 0.25) is 0 Å². The van der Waals surface area contributed by atoms with Gasteiger partial charge in [0.25, 0.3) is 0 Å². The molecule has 0 aromatic heterocycles. The van der Waals surface area contributed by atoms with Crippen molar-refractivity contribution in [2.24, 2.45) is 5.92 Å². The van der Waals surface area contributed by atoms with E-state index < -0.39 is 5.97 Å². The number of piperidine rings is 1. The fourth-order valence-corrected chi connectivity index (χ4v) is 1.99. The van der Waals surface area contributed by atoms with E-state index in [2.05, 4.69) is 16.3 Å². The van der Waals surface area contributed by atoms with E-state index in [4.69, 9.17) is 10.4 Å². The maximum atomic E-state index is 11.7. The average Bonchev–Trinajstić information content (AvgIpc) is 2.33.